The molecule has 0 radical (unpaired) electrons. The molecule has 1 saturated carbocycles. The molecule has 12 heavy (non-hydrogen) atoms. The van der Waals surface area contributed by atoms with Crippen LogP contribution >= 0.6 is 12.4 Å². The quantitative estimate of drug-likeness (QED) is 0.528. The predicted molar refractivity (Wildman–Crippen MR) is 53.2 cm³/mol. The van der Waals surface area contributed by atoms with Crippen LogP contribution < -0.4 is 0 Å². The highest BCUT2D eigenvalue weighted by molar-refractivity contribution is 5.85. The molecule has 0 heterocycles. The summed E-state index contributed by atoms with van der Waals surface area (Å²) in [7, 11) is 0. The minimum absolute atomic E-state index is 0. The first-order valence-corrected chi connectivity index (χ1v) is 4.56. The van der Waals surface area contributed by atoms with Crippen LogP contribution in [-0.4, -0.2) is 12.5 Å². The molecule has 0 spiro atoms. The summed E-state index contributed by atoms with van der Waals surface area (Å²) < 4.78 is 5.16. The minimum Gasteiger partial charge on any atom is -0.481 e. The smallest absolute Gasteiger partial charge is 0.183 e. The summed E-state index contributed by atoms with van der Waals surface area (Å²) in [6, 6.07) is 0. The molecule has 0 amide bonds. The van der Waals surface area contributed by atoms with Crippen molar-refractivity contribution < 1.29 is 4.74 Å². The van der Waals surface area contributed by atoms with E-state index in [-0.39, 0.29) is 12.4 Å². The fraction of sp³-hybridized carbons (Fsp3) is 0.889. The molecule has 0 aliphatic heterocycles. The van der Waals surface area contributed by atoms with Gasteiger partial charge in [0.15, 0.2) is 5.90 Å². The second-order valence-corrected chi connectivity index (χ2v) is 3.13. The Balaban J connectivity index is 0.00000121. The van der Waals surface area contributed by atoms with E-state index in [0.29, 0.717) is 18.4 Å². The highest BCUT2D eigenvalue weighted by Gasteiger charge is 2.18. The van der Waals surface area contributed by atoms with Crippen LogP contribution in [0.2, 0.25) is 0 Å². The Bertz CT molecular complexity index is 132. The molecule has 0 saturated heterocycles. The van der Waals surface area contributed by atoms with E-state index in [9.17, 15) is 0 Å². The summed E-state index contributed by atoms with van der Waals surface area (Å²) in [5.41, 5.74) is 0. The van der Waals surface area contributed by atoms with Crippen molar-refractivity contribution in [2.45, 2.75) is 39.0 Å². The Morgan fingerprint density at radius 1 is 1.33 bits per heavy atom. The maximum absolute atomic E-state index is 7.56. The Morgan fingerprint density at radius 3 is 2.42 bits per heavy atom. The van der Waals surface area contributed by atoms with Gasteiger partial charge in [0.1, 0.15) is 0 Å². The molecule has 0 aromatic heterocycles. The first-order chi connectivity index (χ1) is 5.34. The largest absolute Gasteiger partial charge is 0.481 e. The zero-order valence-corrected chi connectivity index (χ0v) is 8.45. The van der Waals surface area contributed by atoms with Crippen LogP contribution in [-0.2, 0) is 4.74 Å². The van der Waals surface area contributed by atoms with Crippen LogP contribution in [0.1, 0.15) is 39.0 Å². The van der Waals surface area contributed by atoms with Gasteiger partial charge in [-0.2, -0.15) is 0 Å². The Hall–Kier alpha value is -0.240. The second kappa shape index (κ2) is 6.30. The van der Waals surface area contributed by atoms with Gasteiger partial charge in [-0.15, -0.1) is 12.4 Å². The van der Waals surface area contributed by atoms with E-state index < -0.39 is 0 Å². The maximum atomic E-state index is 7.56. The minimum atomic E-state index is 0. The van der Waals surface area contributed by atoms with Crippen LogP contribution in [0.25, 0.3) is 0 Å². The SMILES string of the molecule is CCOC(=N)C1CCCCC1.Cl. The molecule has 1 N–H and O–H groups in total. The summed E-state index contributed by atoms with van der Waals surface area (Å²) in [5, 5.41) is 7.56. The molecule has 0 bridgehead atoms. The van der Waals surface area contributed by atoms with Crippen molar-refractivity contribution in [2.75, 3.05) is 6.61 Å². The van der Waals surface area contributed by atoms with Gasteiger partial charge >= 0.3 is 0 Å². The monoisotopic (exact) mass is 191 g/mol. The second-order valence-electron chi connectivity index (χ2n) is 3.13. The van der Waals surface area contributed by atoms with Crippen LogP contribution in [0.15, 0.2) is 0 Å². The predicted octanol–water partition coefficient (Wildman–Crippen LogP) is 3.00. The normalized spacial score (nSPS) is 18.1. The van der Waals surface area contributed by atoms with Gasteiger partial charge in [0.05, 0.1) is 6.61 Å². The third-order valence-corrected chi connectivity index (χ3v) is 2.28. The van der Waals surface area contributed by atoms with E-state index in [4.69, 9.17) is 10.1 Å². The van der Waals surface area contributed by atoms with E-state index in [2.05, 4.69) is 0 Å². The van der Waals surface area contributed by atoms with Crippen molar-refractivity contribution in [1.82, 2.24) is 0 Å². The van der Waals surface area contributed by atoms with Crippen LogP contribution in [0.4, 0.5) is 0 Å². The fourth-order valence-corrected chi connectivity index (χ4v) is 1.64. The van der Waals surface area contributed by atoms with E-state index in [1.807, 2.05) is 6.92 Å². The van der Waals surface area contributed by atoms with Crippen LogP contribution in [0.5, 0.6) is 0 Å². The zero-order valence-electron chi connectivity index (χ0n) is 7.64. The van der Waals surface area contributed by atoms with Crippen molar-refractivity contribution in [3.05, 3.63) is 0 Å². The summed E-state index contributed by atoms with van der Waals surface area (Å²) in [6.07, 6.45) is 6.23. The number of rotatable bonds is 2. The van der Waals surface area contributed by atoms with Crippen molar-refractivity contribution in [3.8, 4) is 0 Å². The topological polar surface area (TPSA) is 33.1 Å². The van der Waals surface area contributed by atoms with Gasteiger partial charge in [-0.1, -0.05) is 19.3 Å². The lowest BCUT2D eigenvalue weighted by molar-refractivity contribution is 0.276. The zero-order chi connectivity index (χ0) is 8.10. The first-order valence-electron chi connectivity index (χ1n) is 4.56. The molecular weight excluding hydrogens is 174 g/mol. The molecule has 1 rings (SSSR count). The summed E-state index contributed by atoms with van der Waals surface area (Å²) >= 11 is 0. The van der Waals surface area contributed by atoms with E-state index in [0.717, 1.165) is 0 Å². The van der Waals surface area contributed by atoms with Gasteiger partial charge in [-0.3, -0.25) is 5.41 Å². The molecule has 2 nitrogen and oxygen atoms in total. The molecule has 1 aliphatic rings. The number of hydrogen-bond acceptors (Lipinski definition) is 2. The highest BCUT2D eigenvalue weighted by atomic mass is 35.5. The van der Waals surface area contributed by atoms with Crippen molar-refractivity contribution >= 4 is 18.3 Å². The summed E-state index contributed by atoms with van der Waals surface area (Å²) in [5.74, 6) is 0.955. The molecule has 72 valence electrons. The third kappa shape index (κ3) is 3.44. The average Bonchev–Trinajstić information content (AvgIpc) is 2.07. The fourth-order valence-electron chi connectivity index (χ4n) is 1.64. The van der Waals surface area contributed by atoms with Crippen molar-refractivity contribution in [1.29, 1.82) is 5.41 Å². The van der Waals surface area contributed by atoms with E-state index >= 15 is 0 Å². The number of ether oxygens (including phenoxy) is 1. The molecular formula is C9H18ClNO. The third-order valence-electron chi connectivity index (χ3n) is 2.28. The molecule has 0 aromatic rings. The maximum Gasteiger partial charge on any atom is 0.183 e. The van der Waals surface area contributed by atoms with Gasteiger partial charge < -0.3 is 4.74 Å². The molecule has 0 atom stereocenters. The lowest BCUT2D eigenvalue weighted by Crippen LogP contribution is -2.19. The van der Waals surface area contributed by atoms with Crippen molar-refractivity contribution in [2.24, 2.45) is 5.92 Å². The molecule has 0 aromatic carbocycles. The lowest BCUT2D eigenvalue weighted by atomic mass is 9.89. The molecule has 3 heteroatoms. The van der Waals surface area contributed by atoms with Gasteiger partial charge in [-0.05, 0) is 19.8 Å². The van der Waals surface area contributed by atoms with E-state index in [1.165, 1.54) is 32.1 Å². The lowest BCUT2D eigenvalue weighted by Gasteiger charge is -2.21. The van der Waals surface area contributed by atoms with Gasteiger partial charge in [-0.25, -0.2) is 0 Å². The average molecular weight is 192 g/mol. The number of halogens is 1. The molecule has 1 aliphatic carbocycles. The number of hydrogen-bond donors (Lipinski definition) is 1. The molecule has 0 unspecified atom stereocenters. The summed E-state index contributed by atoms with van der Waals surface area (Å²) in [6.45, 7) is 2.59. The van der Waals surface area contributed by atoms with Crippen LogP contribution in [0, 0.1) is 11.3 Å². The standard InChI is InChI=1S/C9H17NO.ClH/c1-2-11-9(10)8-6-4-3-5-7-8;/h8,10H,2-7H2,1H3;1H. The Kier molecular flexibility index (Phi) is 6.17. The summed E-state index contributed by atoms with van der Waals surface area (Å²) in [4.78, 5) is 0. The van der Waals surface area contributed by atoms with Gasteiger partial charge in [0.2, 0.25) is 0 Å². The number of nitrogens with one attached hydrogen (secondary N) is 1. The van der Waals surface area contributed by atoms with Gasteiger partial charge in [0, 0.05) is 5.92 Å². The Labute approximate surface area is 80.6 Å². The van der Waals surface area contributed by atoms with E-state index in [1.54, 1.807) is 0 Å². The van der Waals surface area contributed by atoms with Crippen molar-refractivity contribution in [3.63, 3.8) is 0 Å². The van der Waals surface area contributed by atoms with Crippen LogP contribution in [0.3, 0.4) is 0 Å². The molecule has 1 fully saturated rings. The Morgan fingerprint density at radius 2 is 1.92 bits per heavy atom. The van der Waals surface area contributed by atoms with Gasteiger partial charge in [0.25, 0.3) is 0 Å². The highest BCUT2D eigenvalue weighted by Crippen LogP contribution is 2.24. The first kappa shape index (κ1) is 11.8.